The zero-order valence-corrected chi connectivity index (χ0v) is 9.16. The van der Waals surface area contributed by atoms with Crippen LogP contribution >= 0.6 is 23.8 Å². The van der Waals surface area contributed by atoms with E-state index in [1.54, 1.807) is 0 Å². The molecule has 0 saturated carbocycles. The third-order valence-corrected chi connectivity index (χ3v) is 2.04. The van der Waals surface area contributed by atoms with Gasteiger partial charge in [0, 0.05) is 23.4 Å². The Morgan fingerprint density at radius 3 is 2.79 bits per heavy atom. The summed E-state index contributed by atoms with van der Waals surface area (Å²) in [5.74, 6) is 6.49. The van der Waals surface area contributed by atoms with Gasteiger partial charge in [-0.25, -0.2) is 0 Å². The van der Waals surface area contributed by atoms with Crippen LogP contribution in [0.15, 0.2) is 24.3 Å². The molecule has 72 valence electrons. The van der Waals surface area contributed by atoms with Gasteiger partial charge in [-0.2, -0.15) is 0 Å². The molecule has 2 N–H and O–H groups in total. The molecule has 0 aliphatic rings. The van der Waals surface area contributed by atoms with Crippen molar-refractivity contribution in [3.05, 3.63) is 35.4 Å². The maximum Gasteiger partial charge on any atom is 0.105 e. The molecule has 0 aliphatic carbocycles. The Morgan fingerprint density at radius 2 is 2.14 bits per heavy atom. The topological polar surface area (TPSA) is 26.0 Å². The lowest BCUT2D eigenvalue weighted by atomic mass is 10.1. The van der Waals surface area contributed by atoms with Crippen LogP contribution in [0.5, 0.6) is 0 Å². The Morgan fingerprint density at radius 1 is 1.43 bits per heavy atom. The van der Waals surface area contributed by atoms with Crippen LogP contribution in [0.25, 0.3) is 0 Å². The summed E-state index contributed by atoms with van der Waals surface area (Å²) in [7, 11) is 0. The molecule has 0 unspecified atom stereocenters. The molecule has 0 atom stereocenters. The molecule has 1 rings (SSSR count). The van der Waals surface area contributed by atoms with Crippen LogP contribution in [0.2, 0.25) is 0 Å². The number of hydrogen-bond acceptors (Lipinski definition) is 1. The molecule has 0 aliphatic heterocycles. The van der Waals surface area contributed by atoms with Crippen LogP contribution in [0.1, 0.15) is 17.5 Å². The van der Waals surface area contributed by atoms with Crippen LogP contribution in [-0.4, -0.2) is 10.9 Å². The second-order valence-electron chi connectivity index (χ2n) is 2.65. The Balaban J connectivity index is 2.97. The molecule has 3 heteroatoms. The van der Waals surface area contributed by atoms with E-state index < -0.39 is 0 Å². The first-order valence-electron chi connectivity index (χ1n) is 4.19. The summed E-state index contributed by atoms with van der Waals surface area (Å²) >= 11 is 10.4. The zero-order chi connectivity index (χ0) is 10.4. The molecular formula is C11H10ClNS. The summed E-state index contributed by atoms with van der Waals surface area (Å²) in [5.41, 5.74) is 7.25. The minimum absolute atomic E-state index is 0.376. The highest BCUT2D eigenvalue weighted by Crippen LogP contribution is 2.06. The van der Waals surface area contributed by atoms with E-state index >= 15 is 0 Å². The van der Waals surface area contributed by atoms with E-state index in [9.17, 15) is 0 Å². The molecule has 0 radical (unpaired) electrons. The quantitative estimate of drug-likeness (QED) is 0.473. The van der Waals surface area contributed by atoms with E-state index in [0.717, 1.165) is 11.1 Å². The number of halogens is 1. The molecule has 0 saturated heterocycles. The summed E-state index contributed by atoms with van der Waals surface area (Å²) in [6.07, 6.45) is 0.674. The van der Waals surface area contributed by atoms with Gasteiger partial charge in [-0.1, -0.05) is 42.3 Å². The van der Waals surface area contributed by atoms with Crippen LogP contribution in [0, 0.1) is 11.8 Å². The van der Waals surface area contributed by atoms with Gasteiger partial charge in [-0.05, 0) is 6.07 Å². The number of rotatable bonds is 2. The lowest BCUT2D eigenvalue weighted by Crippen LogP contribution is -2.10. The van der Waals surface area contributed by atoms with Gasteiger partial charge in [-0.15, -0.1) is 11.6 Å². The predicted octanol–water partition coefficient (Wildman–Crippen LogP) is 2.30. The van der Waals surface area contributed by atoms with E-state index in [-0.39, 0.29) is 0 Å². The fraction of sp³-hybridized carbons (Fsp3) is 0.182. The maximum absolute atomic E-state index is 5.56. The molecule has 0 bridgehead atoms. The lowest BCUT2D eigenvalue weighted by Gasteiger charge is -2.00. The first kappa shape index (κ1) is 11.0. The van der Waals surface area contributed by atoms with E-state index in [1.807, 2.05) is 24.3 Å². The Labute approximate surface area is 94.3 Å². The van der Waals surface area contributed by atoms with Crippen molar-refractivity contribution in [3.8, 4) is 11.8 Å². The predicted molar refractivity (Wildman–Crippen MR) is 64.5 cm³/mol. The SMILES string of the molecule is NC(=S)c1ccccc1C#CCCCl. The third kappa shape index (κ3) is 3.02. The highest BCUT2D eigenvalue weighted by molar-refractivity contribution is 7.80. The highest BCUT2D eigenvalue weighted by atomic mass is 35.5. The van der Waals surface area contributed by atoms with E-state index in [2.05, 4.69) is 11.8 Å². The average molecular weight is 224 g/mol. The molecule has 1 aromatic carbocycles. The number of thiocarbonyl (C=S) groups is 1. The first-order chi connectivity index (χ1) is 6.75. The summed E-state index contributed by atoms with van der Waals surface area (Å²) < 4.78 is 0. The fourth-order valence-electron chi connectivity index (χ4n) is 1.01. The van der Waals surface area contributed by atoms with Crippen molar-refractivity contribution in [2.45, 2.75) is 6.42 Å². The fourth-order valence-corrected chi connectivity index (χ4v) is 1.28. The van der Waals surface area contributed by atoms with Gasteiger partial charge in [-0.3, -0.25) is 0 Å². The minimum Gasteiger partial charge on any atom is -0.389 e. The third-order valence-electron chi connectivity index (χ3n) is 1.64. The van der Waals surface area contributed by atoms with Gasteiger partial charge < -0.3 is 5.73 Å². The van der Waals surface area contributed by atoms with Crippen LogP contribution < -0.4 is 5.73 Å². The molecule has 0 spiro atoms. The average Bonchev–Trinajstić information content (AvgIpc) is 2.19. The van der Waals surface area contributed by atoms with Crippen molar-refractivity contribution in [3.63, 3.8) is 0 Å². The Bertz CT molecular complexity index is 390. The van der Waals surface area contributed by atoms with Crippen molar-refractivity contribution >= 4 is 28.8 Å². The van der Waals surface area contributed by atoms with Crippen LogP contribution in [0.3, 0.4) is 0 Å². The monoisotopic (exact) mass is 223 g/mol. The van der Waals surface area contributed by atoms with E-state index in [4.69, 9.17) is 29.6 Å². The Kier molecular flexibility index (Phi) is 4.45. The lowest BCUT2D eigenvalue weighted by molar-refractivity contribution is 1.29. The van der Waals surface area contributed by atoms with Crippen molar-refractivity contribution in [2.75, 3.05) is 5.88 Å². The smallest absolute Gasteiger partial charge is 0.105 e. The van der Waals surface area contributed by atoms with Gasteiger partial charge in [0.25, 0.3) is 0 Å². The van der Waals surface area contributed by atoms with Crippen LogP contribution in [-0.2, 0) is 0 Å². The van der Waals surface area contributed by atoms with Gasteiger partial charge in [0.2, 0.25) is 0 Å². The molecule has 0 heterocycles. The molecule has 0 aromatic heterocycles. The maximum atomic E-state index is 5.56. The van der Waals surface area contributed by atoms with Gasteiger partial charge in [0.1, 0.15) is 4.99 Å². The Hall–Kier alpha value is -1.04. The summed E-state index contributed by atoms with van der Waals surface area (Å²) in [5, 5.41) is 0. The summed E-state index contributed by atoms with van der Waals surface area (Å²) in [6, 6.07) is 7.57. The number of hydrogen-bond donors (Lipinski definition) is 1. The number of nitrogens with two attached hydrogens (primary N) is 1. The largest absolute Gasteiger partial charge is 0.389 e. The minimum atomic E-state index is 0.376. The van der Waals surface area contributed by atoms with Crippen molar-refractivity contribution in [2.24, 2.45) is 5.73 Å². The second-order valence-corrected chi connectivity index (χ2v) is 3.47. The van der Waals surface area contributed by atoms with Gasteiger partial charge in [0.05, 0.1) is 0 Å². The van der Waals surface area contributed by atoms with Crippen molar-refractivity contribution in [1.29, 1.82) is 0 Å². The van der Waals surface area contributed by atoms with Gasteiger partial charge in [0.15, 0.2) is 0 Å². The number of benzene rings is 1. The van der Waals surface area contributed by atoms with Gasteiger partial charge >= 0.3 is 0 Å². The normalized spacial score (nSPS) is 8.93. The van der Waals surface area contributed by atoms with Crippen molar-refractivity contribution < 1.29 is 0 Å². The summed E-state index contributed by atoms with van der Waals surface area (Å²) in [6.45, 7) is 0. The molecule has 1 nitrogen and oxygen atoms in total. The molecule has 1 aromatic rings. The zero-order valence-electron chi connectivity index (χ0n) is 7.59. The highest BCUT2D eigenvalue weighted by Gasteiger charge is 2.00. The first-order valence-corrected chi connectivity index (χ1v) is 5.13. The van der Waals surface area contributed by atoms with E-state index in [1.165, 1.54) is 0 Å². The molecule has 14 heavy (non-hydrogen) atoms. The summed E-state index contributed by atoms with van der Waals surface area (Å²) in [4.78, 5) is 0.376. The second kappa shape index (κ2) is 5.64. The van der Waals surface area contributed by atoms with Crippen LogP contribution in [0.4, 0.5) is 0 Å². The molecular weight excluding hydrogens is 214 g/mol. The number of alkyl halides is 1. The standard InChI is InChI=1S/C11H10ClNS/c12-8-4-3-6-9-5-1-2-7-10(9)11(13)14/h1-2,5,7H,4,8H2,(H2,13,14). The molecule has 0 fully saturated rings. The molecule has 0 amide bonds. The van der Waals surface area contributed by atoms with Crippen molar-refractivity contribution in [1.82, 2.24) is 0 Å². The van der Waals surface area contributed by atoms with E-state index in [0.29, 0.717) is 17.3 Å².